The molecule has 2 aromatic rings. The highest BCUT2D eigenvalue weighted by atomic mass is 35.5. The summed E-state index contributed by atoms with van der Waals surface area (Å²) < 4.78 is 5.70. The molecule has 1 heterocycles. The van der Waals surface area contributed by atoms with Gasteiger partial charge in [-0.15, -0.1) is 0 Å². The number of furan rings is 1. The van der Waals surface area contributed by atoms with Gasteiger partial charge in [-0.3, -0.25) is 0 Å². The smallest absolute Gasteiger partial charge is 0.134 e. The van der Waals surface area contributed by atoms with Gasteiger partial charge in [0.2, 0.25) is 0 Å². The Hall–Kier alpha value is -1.51. The normalized spacial score (nSPS) is 11.2. The van der Waals surface area contributed by atoms with Crippen LogP contribution in [0.25, 0.3) is 17.4 Å². The van der Waals surface area contributed by atoms with E-state index in [-0.39, 0.29) is 0 Å². The van der Waals surface area contributed by atoms with Crippen LogP contribution in [0.2, 0.25) is 5.02 Å². The molecular formula is C14H14ClNO. The van der Waals surface area contributed by atoms with Crippen LogP contribution < -0.4 is 5.32 Å². The summed E-state index contributed by atoms with van der Waals surface area (Å²) in [5.41, 5.74) is 1.03. The molecule has 3 heteroatoms. The highest BCUT2D eigenvalue weighted by molar-refractivity contribution is 6.30. The van der Waals surface area contributed by atoms with Gasteiger partial charge in [0.15, 0.2) is 0 Å². The Labute approximate surface area is 106 Å². The molecule has 0 unspecified atom stereocenters. The second-order valence-electron chi connectivity index (χ2n) is 3.67. The van der Waals surface area contributed by atoms with Crippen LogP contribution in [0.5, 0.6) is 0 Å². The van der Waals surface area contributed by atoms with Crippen molar-refractivity contribution in [3.05, 3.63) is 53.3 Å². The molecule has 0 radical (unpaired) electrons. The summed E-state index contributed by atoms with van der Waals surface area (Å²) in [7, 11) is 1.91. The minimum absolute atomic E-state index is 0.731. The van der Waals surface area contributed by atoms with Crippen LogP contribution >= 0.6 is 11.6 Å². The number of halogens is 1. The first kappa shape index (κ1) is 12.0. The second-order valence-corrected chi connectivity index (χ2v) is 4.11. The minimum atomic E-state index is 0.731. The van der Waals surface area contributed by atoms with Gasteiger partial charge in [0.25, 0.3) is 0 Å². The fourth-order valence-electron chi connectivity index (χ4n) is 1.50. The molecule has 1 aromatic heterocycles. The summed E-state index contributed by atoms with van der Waals surface area (Å²) in [5.74, 6) is 1.70. The fourth-order valence-corrected chi connectivity index (χ4v) is 1.63. The zero-order chi connectivity index (χ0) is 12.1. The standard InChI is InChI=1S/C14H14ClNO/c1-16-10-2-3-13-8-9-14(17-13)11-4-6-12(15)7-5-11/h2-9,16H,10H2,1H3. The lowest BCUT2D eigenvalue weighted by molar-refractivity contribution is 0.571. The molecule has 0 atom stereocenters. The molecule has 0 spiro atoms. The van der Waals surface area contributed by atoms with Crippen molar-refractivity contribution in [2.75, 3.05) is 13.6 Å². The Morgan fingerprint density at radius 2 is 1.94 bits per heavy atom. The lowest BCUT2D eigenvalue weighted by Gasteiger charge is -1.96. The van der Waals surface area contributed by atoms with E-state index in [2.05, 4.69) is 5.32 Å². The Balaban J connectivity index is 2.15. The van der Waals surface area contributed by atoms with E-state index < -0.39 is 0 Å². The molecule has 0 bridgehead atoms. The molecule has 1 N–H and O–H groups in total. The van der Waals surface area contributed by atoms with Crippen LogP contribution in [-0.2, 0) is 0 Å². The summed E-state index contributed by atoms with van der Waals surface area (Å²) in [6, 6.07) is 11.5. The van der Waals surface area contributed by atoms with Gasteiger partial charge in [0.05, 0.1) is 0 Å². The topological polar surface area (TPSA) is 25.2 Å². The maximum Gasteiger partial charge on any atom is 0.134 e. The number of hydrogen-bond acceptors (Lipinski definition) is 2. The van der Waals surface area contributed by atoms with E-state index in [0.29, 0.717) is 0 Å². The average molecular weight is 248 g/mol. The zero-order valence-corrected chi connectivity index (χ0v) is 10.4. The van der Waals surface area contributed by atoms with E-state index in [1.807, 2.05) is 55.6 Å². The van der Waals surface area contributed by atoms with Crippen molar-refractivity contribution in [3.8, 4) is 11.3 Å². The first-order chi connectivity index (χ1) is 8.29. The van der Waals surface area contributed by atoms with Crippen LogP contribution in [0.4, 0.5) is 0 Å². The maximum absolute atomic E-state index is 5.84. The molecule has 0 aliphatic carbocycles. The highest BCUT2D eigenvalue weighted by Crippen LogP contribution is 2.24. The average Bonchev–Trinajstić information content (AvgIpc) is 2.79. The van der Waals surface area contributed by atoms with E-state index in [9.17, 15) is 0 Å². The molecular weight excluding hydrogens is 234 g/mol. The molecule has 0 fully saturated rings. The Bertz CT molecular complexity index is 499. The first-order valence-corrected chi connectivity index (χ1v) is 5.84. The van der Waals surface area contributed by atoms with Gasteiger partial charge >= 0.3 is 0 Å². The molecule has 0 aliphatic heterocycles. The predicted octanol–water partition coefficient (Wildman–Crippen LogP) is 3.83. The van der Waals surface area contributed by atoms with Gasteiger partial charge in [-0.05, 0) is 49.5 Å². The van der Waals surface area contributed by atoms with Crippen molar-refractivity contribution in [1.82, 2.24) is 5.32 Å². The van der Waals surface area contributed by atoms with Crippen LogP contribution in [0.1, 0.15) is 5.76 Å². The van der Waals surface area contributed by atoms with Gasteiger partial charge in [-0.25, -0.2) is 0 Å². The van der Waals surface area contributed by atoms with Crippen molar-refractivity contribution < 1.29 is 4.42 Å². The van der Waals surface area contributed by atoms with E-state index in [1.165, 1.54) is 0 Å². The van der Waals surface area contributed by atoms with E-state index >= 15 is 0 Å². The molecule has 2 rings (SSSR count). The Morgan fingerprint density at radius 1 is 1.18 bits per heavy atom. The number of hydrogen-bond donors (Lipinski definition) is 1. The molecule has 1 aromatic carbocycles. The lowest BCUT2D eigenvalue weighted by Crippen LogP contribution is -2.03. The number of likely N-dealkylation sites (N-methyl/N-ethyl adjacent to an activating group) is 1. The summed E-state index contributed by atoms with van der Waals surface area (Å²) >= 11 is 5.84. The lowest BCUT2D eigenvalue weighted by atomic mass is 10.2. The van der Waals surface area contributed by atoms with Crippen molar-refractivity contribution in [2.24, 2.45) is 0 Å². The third kappa shape index (κ3) is 3.22. The van der Waals surface area contributed by atoms with E-state index in [1.54, 1.807) is 0 Å². The van der Waals surface area contributed by atoms with E-state index in [4.69, 9.17) is 16.0 Å². The van der Waals surface area contributed by atoms with Gasteiger partial charge in [-0.2, -0.15) is 0 Å². The van der Waals surface area contributed by atoms with Crippen LogP contribution in [0, 0.1) is 0 Å². The quantitative estimate of drug-likeness (QED) is 0.888. The Kier molecular flexibility index (Phi) is 4.02. The molecule has 0 amide bonds. The van der Waals surface area contributed by atoms with Crippen LogP contribution in [0.3, 0.4) is 0 Å². The molecule has 17 heavy (non-hydrogen) atoms. The van der Waals surface area contributed by atoms with Crippen molar-refractivity contribution >= 4 is 17.7 Å². The monoisotopic (exact) mass is 247 g/mol. The number of nitrogens with one attached hydrogen (secondary N) is 1. The van der Waals surface area contributed by atoms with Crippen molar-refractivity contribution in [3.63, 3.8) is 0 Å². The molecule has 0 saturated carbocycles. The maximum atomic E-state index is 5.84. The third-order valence-corrected chi connectivity index (χ3v) is 2.61. The van der Waals surface area contributed by atoms with Gasteiger partial charge in [0, 0.05) is 17.1 Å². The molecule has 2 nitrogen and oxygen atoms in total. The largest absolute Gasteiger partial charge is 0.457 e. The second kappa shape index (κ2) is 5.71. The molecule has 0 saturated heterocycles. The van der Waals surface area contributed by atoms with Gasteiger partial charge in [0.1, 0.15) is 11.5 Å². The summed E-state index contributed by atoms with van der Waals surface area (Å²) in [6.07, 6.45) is 3.97. The van der Waals surface area contributed by atoms with Gasteiger partial charge < -0.3 is 9.73 Å². The number of benzene rings is 1. The SMILES string of the molecule is CNCC=Cc1ccc(-c2ccc(Cl)cc2)o1. The molecule has 0 aliphatic rings. The molecule has 88 valence electrons. The summed E-state index contributed by atoms with van der Waals surface area (Å²) in [5, 5.41) is 3.77. The summed E-state index contributed by atoms with van der Waals surface area (Å²) in [6.45, 7) is 0.830. The zero-order valence-electron chi connectivity index (χ0n) is 9.61. The van der Waals surface area contributed by atoms with Crippen molar-refractivity contribution in [1.29, 1.82) is 0 Å². The predicted molar refractivity (Wildman–Crippen MR) is 72.1 cm³/mol. The summed E-state index contributed by atoms with van der Waals surface area (Å²) in [4.78, 5) is 0. The van der Waals surface area contributed by atoms with E-state index in [0.717, 1.165) is 28.7 Å². The minimum Gasteiger partial charge on any atom is -0.457 e. The third-order valence-electron chi connectivity index (χ3n) is 2.36. The Morgan fingerprint density at radius 3 is 2.65 bits per heavy atom. The van der Waals surface area contributed by atoms with Crippen LogP contribution in [-0.4, -0.2) is 13.6 Å². The fraction of sp³-hybridized carbons (Fsp3) is 0.143. The number of rotatable bonds is 4. The van der Waals surface area contributed by atoms with Gasteiger partial charge in [-0.1, -0.05) is 17.7 Å². The van der Waals surface area contributed by atoms with Crippen molar-refractivity contribution in [2.45, 2.75) is 0 Å². The highest BCUT2D eigenvalue weighted by Gasteiger charge is 2.02. The van der Waals surface area contributed by atoms with Crippen LogP contribution in [0.15, 0.2) is 46.9 Å². The first-order valence-electron chi connectivity index (χ1n) is 5.46.